The molecule has 0 saturated carbocycles. The van der Waals surface area contributed by atoms with Gasteiger partial charge in [0.2, 0.25) is 0 Å². The number of hydrogen-bond acceptors (Lipinski definition) is 2. The fraction of sp³-hybridized carbons (Fsp3) is 0.0714. The normalized spacial score (nSPS) is 10.2. The number of nitrogens with one attached hydrogen (secondary N) is 2. The number of anilines is 2. The molecule has 3 nitrogen and oxygen atoms in total. The van der Waals surface area contributed by atoms with Crippen molar-refractivity contribution in [3.63, 3.8) is 0 Å². The average Bonchev–Trinajstić information content (AvgIpc) is 2.42. The summed E-state index contributed by atoms with van der Waals surface area (Å²) in [4.78, 5) is 12.1. The van der Waals surface area contributed by atoms with Gasteiger partial charge in [0.25, 0.3) is 5.91 Å². The monoisotopic (exact) mass is 340 g/mol. The fourth-order valence-corrected chi connectivity index (χ4v) is 2.11. The highest BCUT2D eigenvalue weighted by Gasteiger charge is 2.15. The maximum Gasteiger partial charge on any atom is 0.257 e. The summed E-state index contributed by atoms with van der Waals surface area (Å²) in [5, 5.41) is 5.04. The van der Waals surface area contributed by atoms with Gasteiger partial charge in [-0.3, -0.25) is 4.79 Å². The molecule has 1 amide bonds. The Balaban J connectivity index is 2.33. The maximum absolute atomic E-state index is 13.6. The van der Waals surface area contributed by atoms with Gasteiger partial charge in [-0.2, -0.15) is 0 Å². The molecule has 0 fully saturated rings. The number of hydrogen-bond donors (Lipinski definition) is 2. The fourth-order valence-electron chi connectivity index (χ4n) is 1.75. The number of benzene rings is 2. The van der Waals surface area contributed by atoms with Gasteiger partial charge in [-0.25, -0.2) is 8.78 Å². The molecule has 0 aliphatic carbocycles. The number of rotatable bonds is 3. The Bertz CT molecular complexity index is 662. The zero-order valence-electron chi connectivity index (χ0n) is 10.5. The minimum atomic E-state index is -0.592. The molecule has 6 heteroatoms. The third-order valence-electron chi connectivity index (χ3n) is 2.68. The summed E-state index contributed by atoms with van der Waals surface area (Å²) in [7, 11) is 1.51. The highest BCUT2D eigenvalue weighted by molar-refractivity contribution is 9.10. The lowest BCUT2D eigenvalue weighted by molar-refractivity contribution is 0.102. The van der Waals surface area contributed by atoms with E-state index in [1.807, 2.05) is 0 Å². The smallest absolute Gasteiger partial charge is 0.257 e. The van der Waals surface area contributed by atoms with Crippen LogP contribution in [0, 0.1) is 11.6 Å². The molecule has 2 rings (SSSR count). The van der Waals surface area contributed by atoms with E-state index >= 15 is 0 Å². The Morgan fingerprint density at radius 2 is 1.90 bits per heavy atom. The van der Waals surface area contributed by atoms with Crippen LogP contribution in [-0.2, 0) is 0 Å². The first-order valence-corrected chi connectivity index (χ1v) is 6.55. The van der Waals surface area contributed by atoms with Gasteiger partial charge >= 0.3 is 0 Å². The van der Waals surface area contributed by atoms with Crippen molar-refractivity contribution in [3.8, 4) is 0 Å². The molecule has 0 radical (unpaired) electrons. The number of amides is 1. The van der Waals surface area contributed by atoms with E-state index in [9.17, 15) is 13.6 Å². The van der Waals surface area contributed by atoms with Crippen molar-refractivity contribution in [1.82, 2.24) is 0 Å². The van der Waals surface area contributed by atoms with Crippen LogP contribution < -0.4 is 10.6 Å². The standard InChI is InChI=1S/C14H11BrF2N2O/c1-18-13-9(3-2-4-11(13)17)14(20)19-12-7-8(15)5-6-10(12)16/h2-7,18H,1H3,(H,19,20). The summed E-state index contributed by atoms with van der Waals surface area (Å²) in [6.45, 7) is 0. The van der Waals surface area contributed by atoms with Crippen LogP contribution in [0.5, 0.6) is 0 Å². The molecule has 0 heterocycles. The van der Waals surface area contributed by atoms with E-state index in [0.717, 1.165) is 0 Å². The molecule has 2 aromatic carbocycles. The minimum absolute atomic E-state index is 0.0238. The van der Waals surface area contributed by atoms with Crippen LogP contribution in [0.1, 0.15) is 10.4 Å². The molecule has 104 valence electrons. The van der Waals surface area contributed by atoms with Crippen molar-refractivity contribution in [2.24, 2.45) is 0 Å². The lowest BCUT2D eigenvalue weighted by Gasteiger charge is -2.11. The zero-order valence-corrected chi connectivity index (χ0v) is 12.1. The maximum atomic E-state index is 13.6. The minimum Gasteiger partial charge on any atom is -0.385 e. The molecule has 2 N–H and O–H groups in total. The van der Waals surface area contributed by atoms with Crippen LogP contribution in [0.15, 0.2) is 40.9 Å². The Labute approximate surface area is 123 Å². The average molecular weight is 341 g/mol. The lowest BCUT2D eigenvalue weighted by Crippen LogP contribution is -2.15. The van der Waals surface area contributed by atoms with Gasteiger partial charge in [-0.15, -0.1) is 0 Å². The Hall–Kier alpha value is -1.95. The van der Waals surface area contributed by atoms with Crippen LogP contribution >= 0.6 is 15.9 Å². The molecule has 20 heavy (non-hydrogen) atoms. The van der Waals surface area contributed by atoms with E-state index in [4.69, 9.17) is 0 Å². The first-order valence-electron chi connectivity index (χ1n) is 5.75. The lowest BCUT2D eigenvalue weighted by atomic mass is 10.1. The number of para-hydroxylation sites is 1. The number of halogens is 3. The highest BCUT2D eigenvalue weighted by Crippen LogP contribution is 2.23. The summed E-state index contributed by atoms with van der Waals surface area (Å²) in [6, 6.07) is 8.30. The molecule has 0 aliphatic rings. The first kappa shape index (κ1) is 14.5. The summed E-state index contributed by atoms with van der Waals surface area (Å²) in [5.41, 5.74) is 0.197. The van der Waals surface area contributed by atoms with Crippen molar-refractivity contribution in [3.05, 3.63) is 58.1 Å². The van der Waals surface area contributed by atoms with E-state index in [0.29, 0.717) is 4.47 Å². The summed E-state index contributed by atoms with van der Waals surface area (Å²) >= 11 is 3.19. The molecule has 0 unspecified atom stereocenters. The SMILES string of the molecule is CNc1c(F)cccc1C(=O)Nc1cc(Br)ccc1F. The van der Waals surface area contributed by atoms with Crippen LogP contribution in [0.3, 0.4) is 0 Å². The van der Waals surface area contributed by atoms with E-state index in [1.54, 1.807) is 0 Å². The summed E-state index contributed by atoms with van der Waals surface area (Å²) in [6.07, 6.45) is 0. The number of carbonyl (C=O) groups excluding carboxylic acids is 1. The van der Waals surface area contributed by atoms with E-state index in [-0.39, 0.29) is 16.9 Å². The van der Waals surface area contributed by atoms with Gasteiger partial charge in [0.15, 0.2) is 0 Å². The second kappa shape index (κ2) is 6.00. The zero-order chi connectivity index (χ0) is 14.7. The van der Waals surface area contributed by atoms with Gasteiger partial charge in [0.1, 0.15) is 11.6 Å². The van der Waals surface area contributed by atoms with Crippen molar-refractivity contribution in [2.75, 3.05) is 17.7 Å². The molecule has 2 aromatic rings. The summed E-state index contributed by atoms with van der Waals surface area (Å²) in [5.74, 6) is -1.70. The molecule has 0 spiro atoms. The van der Waals surface area contributed by atoms with Crippen molar-refractivity contribution in [1.29, 1.82) is 0 Å². The molecular formula is C14H11BrF2N2O. The molecule has 0 bridgehead atoms. The van der Waals surface area contributed by atoms with Gasteiger partial charge in [0.05, 0.1) is 16.9 Å². The molecule has 0 atom stereocenters. The molecule has 0 aromatic heterocycles. The Morgan fingerprint density at radius 3 is 2.60 bits per heavy atom. The molecule has 0 saturated heterocycles. The van der Waals surface area contributed by atoms with E-state index in [2.05, 4.69) is 26.6 Å². The van der Waals surface area contributed by atoms with Gasteiger partial charge in [0, 0.05) is 11.5 Å². The van der Waals surface area contributed by atoms with E-state index in [1.165, 1.54) is 43.4 Å². The third-order valence-corrected chi connectivity index (χ3v) is 3.18. The van der Waals surface area contributed by atoms with Crippen LogP contribution in [0.2, 0.25) is 0 Å². The van der Waals surface area contributed by atoms with Gasteiger partial charge in [-0.05, 0) is 30.3 Å². The summed E-state index contributed by atoms with van der Waals surface area (Å²) < 4.78 is 27.8. The molecule has 0 aliphatic heterocycles. The quantitative estimate of drug-likeness (QED) is 0.885. The van der Waals surface area contributed by atoms with E-state index < -0.39 is 17.5 Å². The van der Waals surface area contributed by atoms with Crippen LogP contribution in [-0.4, -0.2) is 13.0 Å². The predicted molar refractivity (Wildman–Crippen MR) is 78.0 cm³/mol. The highest BCUT2D eigenvalue weighted by atomic mass is 79.9. The van der Waals surface area contributed by atoms with Crippen molar-refractivity contribution in [2.45, 2.75) is 0 Å². The van der Waals surface area contributed by atoms with Gasteiger partial charge in [-0.1, -0.05) is 22.0 Å². The van der Waals surface area contributed by atoms with Crippen LogP contribution in [0.4, 0.5) is 20.2 Å². The third kappa shape index (κ3) is 2.96. The second-order valence-corrected chi connectivity index (χ2v) is 4.91. The topological polar surface area (TPSA) is 41.1 Å². The number of carbonyl (C=O) groups is 1. The largest absolute Gasteiger partial charge is 0.385 e. The first-order chi connectivity index (χ1) is 9.52. The Kier molecular flexibility index (Phi) is 4.34. The van der Waals surface area contributed by atoms with Crippen LogP contribution in [0.25, 0.3) is 0 Å². The van der Waals surface area contributed by atoms with Crippen molar-refractivity contribution < 1.29 is 13.6 Å². The van der Waals surface area contributed by atoms with Gasteiger partial charge < -0.3 is 10.6 Å². The predicted octanol–water partition coefficient (Wildman–Crippen LogP) is 4.02. The second-order valence-electron chi connectivity index (χ2n) is 3.99. The van der Waals surface area contributed by atoms with Crippen molar-refractivity contribution >= 4 is 33.2 Å². The molecular weight excluding hydrogens is 330 g/mol. The Morgan fingerprint density at radius 1 is 1.15 bits per heavy atom.